The zero-order chi connectivity index (χ0) is 24.0. The number of aromatic nitrogens is 4. The largest absolute Gasteiger partial charge is 0.460 e. The van der Waals surface area contributed by atoms with E-state index < -0.39 is 5.60 Å². The molecule has 2 aromatic heterocycles. The highest BCUT2D eigenvalue weighted by Gasteiger charge is 2.16. The molecule has 11 heteroatoms. The first kappa shape index (κ1) is 24.5. The van der Waals surface area contributed by atoms with Crippen molar-refractivity contribution >= 4 is 46.6 Å². The monoisotopic (exact) mass is 490 g/mol. The van der Waals surface area contributed by atoms with E-state index in [9.17, 15) is 9.59 Å². The van der Waals surface area contributed by atoms with E-state index in [0.717, 1.165) is 5.56 Å². The van der Waals surface area contributed by atoms with E-state index in [2.05, 4.69) is 25.9 Å². The van der Waals surface area contributed by atoms with Crippen LogP contribution in [0.15, 0.2) is 42.7 Å². The number of hydrogen-bond donors (Lipinski definition) is 2. The lowest BCUT2D eigenvalue weighted by molar-refractivity contribution is -0.154. The van der Waals surface area contributed by atoms with Crippen LogP contribution in [-0.4, -0.2) is 44.0 Å². The quantitative estimate of drug-likeness (QED) is 0.452. The molecule has 0 unspecified atom stereocenters. The summed E-state index contributed by atoms with van der Waals surface area (Å²) in [5, 5.41) is 14.1. The van der Waals surface area contributed by atoms with Gasteiger partial charge in [0.05, 0.1) is 24.1 Å². The highest BCUT2D eigenvalue weighted by molar-refractivity contribution is 6.31. The minimum Gasteiger partial charge on any atom is -0.460 e. The van der Waals surface area contributed by atoms with Gasteiger partial charge >= 0.3 is 5.97 Å². The first-order chi connectivity index (χ1) is 15.6. The molecule has 0 atom stereocenters. The van der Waals surface area contributed by atoms with Gasteiger partial charge in [-0.25, -0.2) is 9.67 Å². The molecule has 0 aliphatic rings. The van der Waals surface area contributed by atoms with Crippen molar-refractivity contribution in [1.82, 2.24) is 20.0 Å². The normalized spacial score (nSPS) is 11.2. The van der Waals surface area contributed by atoms with Crippen LogP contribution in [0.4, 0.5) is 11.5 Å². The average Bonchev–Trinajstić information content (AvgIpc) is 3.16. The van der Waals surface area contributed by atoms with Crippen molar-refractivity contribution in [3.63, 3.8) is 0 Å². The molecular formula is C22H24Cl2N6O3. The molecule has 0 spiro atoms. The summed E-state index contributed by atoms with van der Waals surface area (Å²) in [7, 11) is 0. The molecule has 0 radical (unpaired) electrons. The van der Waals surface area contributed by atoms with Gasteiger partial charge in [-0.05, 0) is 63.1 Å². The Morgan fingerprint density at radius 1 is 1.15 bits per heavy atom. The Morgan fingerprint density at radius 3 is 2.64 bits per heavy atom. The Labute approximate surface area is 201 Å². The molecule has 0 saturated heterocycles. The van der Waals surface area contributed by atoms with Crippen LogP contribution in [0.3, 0.4) is 0 Å². The Balaban J connectivity index is 1.58. The van der Waals surface area contributed by atoms with Crippen molar-refractivity contribution in [3.8, 4) is 5.69 Å². The molecule has 0 saturated carbocycles. The average molecular weight is 491 g/mol. The molecule has 0 fully saturated rings. The molecule has 0 aliphatic carbocycles. The van der Waals surface area contributed by atoms with Gasteiger partial charge < -0.3 is 15.4 Å². The summed E-state index contributed by atoms with van der Waals surface area (Å²) in [6.07, 6.45) is 3.90. The van der Waals surface area contributed by atoms with Gasteiger partial charge in [-0.2, -0.15) is 0 Å². The predicted molar refractivity (Wildman–Crippen MR) is 127 cm³/mol. The van der Waals surface area contributed by atoms with Gasteiger partial charge in [0.25, 0.3) is 0 Å². The smallest absolute Gasteiger partial charge is 0.306 e. The highest BCUT2D eigenvalue weighted by Crippen LogP contribution is 2.24. The van der Waals surface area contributed by atoms with Gasteiger partial charge in [0.1, 0.15) is 11.4 Å². The number of carbonyl (C=O) groups is 2. The summed E-state index contributed by atoms with van der Waals surface area (Å²) in [6, 6.07) is 8.59. The second kappa shape index (κ2) is 10.6. The molecule has 1 aromatic carbocycles. The fourth-order valence-corrected chi connectivity index (χ4v) is 3.20. The molecule has 2 N–H and O–H groups in total. The number of hydrogen-bond acceptors (Lipinski definition) is 7. The minimum absolute atomic E-state index is 0.0351. The maximum absolute atomic E-state index is 12.5. The number of nitrogens with zero attached hydrogens (tertiary/aromatic N) is 4. The first-order valence-corrected chi connectivity index (χ1v) is 10.9. The molecule has 9 nitrogen and oxygen atoms in total. The summed E-state index contributed by atoms with van der Waals surface area (Å²) in [4.78, 5) is 28.7. The lowest BCUT2D eigenvalue weighted by atomic mass is 10.1. The van der Waals surface area contributed by atoms with Gasteiger partial charge in [0.2, 0.25) is 5.91 Å². The number of anilines is 2. The molecule has 2 heterocycles. The number of amides is 1. The summed E-state index contributed by atoms with van der Waals surface area (Å²) in [5.41, 5.74) is 1.40. The SMILES string of the molecule is CC(C)(C)OC(=O)CCc1ccnc(NCC(=O)Nc2cc(Cl)ccc2-n2cc(Cl)nn2)c1. The summed E-state index contributed by atoms with van der Waals surface area (Å²) in [5.74, 6) is -0.0638. The van der Waals surface area contributed by atoms with E-state index >= 15 is 0 Å². The van der Waals surface area contributed by atoms with Crippen molar-refractivity contribution in [2.24, 2.45) is 0 Å². The molecule has 174 valence electrons. The van der Waals surface area contributed by atoms with Crippen LogP contribution in [-0.2, 0) is 20.7 Å². The molecule has 33 heavy (non-hydrogen) atoms. The van der Waals surface area contributed by atoms with Crippen LogP contribution < -0.4 is 10.6 Å². The topological polar surface area (TPSA) is 111 Å². The van der Waals surface area contributed by atoms with E-state index in [1.54, 1.807) is 30.5 Å². The number of benzene rings is 1. The van der Waals surface area contributed by atoms with Crippen molar-refractivity contribution in [3.05, 3.63) is 58.5 Å². The minimum atomic E-state index is -0.515. The van der Waals surface area contributed by atoms with Crippen molar-refractivity contribution in [1.29, 1.82) is 0 Å². The maximum Gasteiger partial charge on any atom is 0.306 e. The number of rotatable bonds is 8. The third kappa shape index (κ3) is 7.73. The van der Waals surface area contributed by atoms with Crippen LogP contribution >= 0.6 is 23.2 Å². The molecule has 3 rings (SSSR count). The van der Waals surface area contributed by atoms with Gasteiger partial charge in [-0.1, -0.05) is 28.4 Å². The zero-order valence-corrected chi connectivity index (χ0v) is 19.9. The molecule has 3 aromatic rings. The van der Waals surface area contributed by atoms with Crippen LogP contribution in [0.1, 0.15) is 32.8 Å². The summed E-state index contributed by atoms with van der Waals surface area (Å²) in [6.45, 7) is 5.46. The van der Waals surface area contributed by atoms with E-state index in [1.807, 2.05) is 26.8 Å². The van der Waals surface area contributed by atoms with E-state index in [4.69, 9.17) is 27.9 Å². The second-order valence-electron chi connectivity index (χ2n) is 8.18. The van der Waals surface area contributed by atoms with Crippen molar-refractivity contribution < 1.29 is 14.3 Å². The number of aryl methyl sites for hydroxylation is 1. The number of nitrogens with one attached hydrogen (secondary N) is 2. The lowest BCUT2D eigenvalue weighted by Gasteiger charge is -2.19. The van der Waals surface area contributed by atoms with Gasteiger partial charge in [0.15, 0.2) is 5.15 Å². The maximum atomic E-state index is 12.5. The Morgan fingerprint density at radius 2 is 1.94 bits per heavy atom. The van der Waals surface area contributed by atoms with Gasteiger partial charge in [0, 0.05) is 17.6 Å². The Kier molecular flexibility index (Phi) is 7.88. The summed E-state index contributed by atoms with van der Waals surface area (Å²) < 4.78 is 6.77. The third-order valence-electron chi connectivity index (χ3n) is 4.24. The van der Waals surface area contributed by atoms with E-state index in [1.165, 1.54) is 10.9 Å². The standard InChI is InChI=1S/C22H24Cl2N6O3/c1-22(2,3)33-21(32)7-4-14-8-9-25-19(10-14)26-12-20(31)27-16-11-15(23)5-6-17(16)30-13-18(24)28-29-30/h5-6,8-11,13H,4,7,12H2,1-3H3,(H,25,26)(H,27,31). The Bertz CT molecular complexity index is 1140. The summed E-state index contributed by atoms with van der Waals surface area (Å²) >= 11 is 11.9. The van der Waals surface area contributed by atoms with Crippen LogP contribution in [0.25, 0.3) is 5.69 Å². The predicted octanol–water partition coefficient (Wildman–Crippen LogP) is 4.29. The fraction of sp³-hybridized carbons (Fsp3) is 0.318. The van der Waals surface area contributed by atoms with Crippen LogP contribution in [0.5, 0.6) is 0 Å². The second-order valence-corrected chi connectivity index (χ2v) is 9.01. The van der Waals surface area contributed by atoms with Crippen molar-refractivity contribution in [2.75, 3.05) is 17.2 Å². The molecule has 0 bridgehead atoms. The van der Waals surface area contributed by atoms with Crippen molar-refractivity contribution in [2.45, 2.75) is 39.2 Å². The number of pyridine rings is 1. The van der Waals surface area contributed by atoms with Gasteiger partial charge in [-0.3, -0.25) is 9.59 Å². The number of esters is 1. The molecular weight excluding hydrogens is 467 g/mol. The van der Waals surface area contributed by atoms with Crippen LogP contribution in [0, 0.1) is 0 Å². The molecule has 1 amide bonds. The highest BCUT2D eigenvalue weighted by atomic mass is 35.5. The van der Waals surface area contributed by atoms with E-state index in [0.29, 0.717) is 28.6 Å². The Hall–Kier alpha value is -3.17. The number of halogens is 2. The molecule has 0 aliphatic heterocycles. The number of carbonyl (C=O) groups excluding carboxylic acids is 2. The van der Waals surface area contributed by atoms with Gasteiger partial charge in [-0.15, -0.1) is 5.10 Å². The first-order valence-electron chi connectivity index (χ1n) is 10.2. The fourth-order valence-electron chi connectivity index (χ4n) is 2.90. The number of ether oxygens (including phenoxy) is 1. The van der Waals surface area contributed by atoms with Crippen LogP contribution in [0.2, 0.25) is 10.2 Å². The van der Waals surface area contributed by atoms with E-state index in [-0.39, 0.29) is 30.0 Å². The zero-order valence-electron chi connectivity index (χ0n) is 18.4. The lowest BCUT2D eigenvalue weighted by Crippen LogP contribution is -2.24. The third-order valence-corrected chi connectivity index (χ3v) is 4.65.